The maximum atomic E-state index is 5.82. The largest absolute Gasteiger partial charge is 0.494 e. The van der Waals surface area contributed by atoms with Crippen LogP contribution in [0.5, 0.6) is 5.75 Å². The molecular formula is C13H21NO. The van der Waals surface area contributed by atoms with Gasteiger partial charge in [0.1, 0.15) is 5.75 Å². The number of nitrogens with two attached hydrogens (primary N) is 1. The van der Waals surface area contributed by atoms with Crippen molar-refractivity contribution in [1.82, 2.24) is 0 Å². The SMILES string of the molecule is CCC(N)CCCOc1cccc(C)c1. The molecular weight excluding hydrogens is 186 g/mol. The van der Waals surface area contributed by atoms with Gasteiger partial charge < -0.3 is 10.5 Å². The molecule has 2 N–H and O–H groups in total. The van der Waals surface area contributed by atoms with E-state index in [-0.39, 0.29) is 0 Å². The number of aryl methyl sites for hydroxylation is 1. The Morgan fingerprint density at radius 3 is 2.87 bits per heavy atom. The van der Waals surface area contributed by atoms with Crippen LogP contribution in [0.4, 0.5) is 0 Å². The van der Waals surface area contributed by atoms with Gasteiger partial charge in [-0.15, -0.1) is 0 Å². The van der Waals surface area contributed by atoms with Crippen molar-refractivity contribution in [3.63, 3.8) is 0 Å². The summed E-state index contributed by atoms with van der Waals surface area (Å²) in [5, 5.41) is 0. The monoisotopic (exact) mass is 207 g/mol. The first-order valence-corrected chi connectivity index (χ1v) is 5.67. The summed E-state index contributed by atoms with van der Waals surface area (Å²) < 4.78 is 5.63. The molecule has 0 spiro atoms. The number of hydrogen-bond donors (Lipinski definition) is 1. The van der Waals surface area contributed by atoms with E-state index >= 15 is 0 Å². The van der Waals surface area contributed by atoms with Crippen LogP contribution < -0.4 is 10.5 Å². The van der Waals surface area contributed by atoms with Crippen molar-refractivity contribution in [2.45, 2.75) is 39.2 Å². The summed E-state index contributed by atoms with van der Waals surface area (Å²) in [7, 11) is 0. The lowest BCUT2D eigenvalue weighted by atomic mass is 10.1. The molecule has 0 heterocycles. The highest BCUT2D eigenvalue weighted by Gasteiger charge is 1.99. The van der Waals surface area contributed by atoms with Crippen LogP contribution in [0, 0.1) is 6.92 Å². The van der Waals surface area contributed by atoms with Gasteiger partial charge >= 0.3 is 0 Å². The average molecular weight is 207 g/mol. The second-order valence-corrected chi connectivity index (χ2v) is 3.98. The highest BCUT2D eigenvalue weighted by molar-refractivity contribution is 5.27. The van der Waals surface area contributed by atoms with E-state index in [2.05, 4.69) is 26.0 Å². The molecule has 0 aliphatic carbocycles. The van der Waals surface area contributed by atoms with E-state index < -0.39 is 0 Å². The second kappa shape index (κ2) is 6.46. The van der Waals surface area contributed by atoms with Gasteiger partial charge in [0.25, 0.3) is 0 Å². The van der Waals surface area contributed by atoms with Gasteiger partial charge in [0.15, 0.2) is 0 Å². The number of rotatable bonds is 6. The minimum absolute atomic E-state index is 0.325. The lowest BCUT2D eigenvalue weighted by Crippen LogP contribution is -2.19. The molecule has 2 heteroatoms. The molecule has 0 saturated carbocycles. The first kappa shape index (κ1) is 12.1. The third-order valence-electron chi connectivity index (χ3n) is 2.50. The average Bonchev–Trinajstić information content (AvgIpc) is 2.24. The smallest absolute Gasteiger partial charge is 0.119 e. The third kappa shape index (κ3) is 4.84. The maximum absolute atomic E-state index is 5.82. The Morgan fingerprint density at radius 2 is 2.20 bits per heavy atom. The lowest BCUT2D eigenvalue weighted by Gasteiger charge is -2.09. The Morgan fingerprint density at radius 1 is 1.40 bits per heavy atom. The van der Waals surface area contributed by atoms with Crippen LogP contribution >= 0.6 is 0 Å². The zero-order chi connectivity index (χ0) is 11.1. The molecule has 0 bridgehead atoms. The van der Waals surface area contributed by atoms with Crippen molar-refractivity contribution in [2.24, 2.45) is 5.73 Å². The Labute approximate surface area is 92.4 Å². The third-order valence-corrected chi connectivity index (χ3v) is 2.50. The number of benzene rings is 1. The van der Waals surface area contributed by atoms with E-state index in [4.69, 9.17) is 10.5 Å². The van der Waals surface area contributed by atoms with Crippen LogP contribution in [0.15, 0.2) is 24.3 Å². The standard InChI is InChI=1S/C13H21NO/c1-3-12(14)7-5-9-15-13-8-4-6-11(2)10-13/h4,6,8,10,12H,3,5,7,9,14H2,1-2H3. The summed E-state index contributed by atoms with van der Waals surface area (Å²) in [5.41, 5.74) is 7.06. The topological polar surface area (TPSA) is 35.2 Å². The zero-order valence-corrected chi connectivity index (χ0v) is 9.70. The summed E-state index contributed by atoms with van der Waals surface area (Å²) in [6.07, 6.45) is 3.12. The van der Waals surface area contributed by atoms with E-state index in [1.807, 2.05) is 12.1 Å². The van der Waals surface area contributed by atoms with E-state index in [1.54, 1.807) is 0 Å². The molecule has 1 aromatic carbocycles. The summed E-state index contributed by atoms with van der Waals surface area (Å²) >= 11 is 0. The van der Waals surface area contributed by atoms with Crippen molar-refractivity contribution < 1.29 is 4.74 Å². The molecule has 0 fully saturated rings. The van der Waals surface area contributed by atoms with Crippen molar-refractivity contribution in [3.05, 3.63) is 29.8 Å². The molecule has 84 valence electrons. The van der Waals surface area contributed by atoms with Crippen molar-refractivity contribution in [3.8, 4) is 5.75 Å². The summed E-state index contributed by atoms with van der Waals surface area (Å²) in [6, 6.07) is 8.46. The predicted molar refractivity (Wildman–Crippen MR) is 64.2 cm³/mol. The number of ether oxygens (including phenoxy) is 1. The van der Waals surface area contributed by atoms with E-state index in [1.165, 1.54) is 5.56 Å². The zero-order valence-electron chi connectivity index (χ0n) is 9.70. The van der Waals surface area contributed by atoms with Gasteiger partial charge in [-0.2, -0.15) is 0 Å². The highest BCUT2D eigenvalue weighted by Crippen LogP contribution is 2.12. The molecule has 0 aliphatic rings. The van der Waals surface area contributed by atoms with Crippen molar-refractivity contribution in [2.75, 3.05) is 6.61 Å². The fraction of sp³-hybridized carbons (Fsp3) is 0.538. The molecule has 1 atom stereocenters. The van der Waals surface area contributed by atoms with Crippen LogP contribution in [-0.4, -0.2) is 12.6 Å². The Bertz CT molecular complexity index is 286. The van der Waals surface area contributed by atoms with Gasteiger partial charge in [0, 0.05) is 6.04 Å². The molecule has 0 aromatic heterocycles. The Hall–Kier alpha value is -1.02. The molecule has 1 aromatic rings. The van der Waals surface area contributed by atoms with Gasteiger partial charge in [0.05, 0.1) is 6.61 Å². The molecule has 0 amide bonds. The van der Waals surface area contributed by atoms with Crippen LogP contribution in [-0.2, 0) is 0 Å². The molecule has 2 nitrogen and oxygen atoms in total. The van der Waals surface area contributed by atoms with Gasteiger partial charge in [-0.05, 0) is 43.9 Å². The minimum atomic E-state index is 0.325. The number of hydrogen-bond acceptors (Lipinski definition) is 2. The second-order valence-electron chi connectivity index (χ2n) is 3.98. The van der Waals surface area contributed by atoms with Crippen LogP contribution in [0.3, 0.4) is 0 Å². The first-order valence-electron chi connectivity index (χ1n) is 5.67. The Kier molecular flexibility index (Phi) is 5.19. The minimum Gasteiger partial charge on any atom is -0.494 e. The molecule has 1 rings (SSSR count). The molecule has 0 saturated heterocycles. The lowest BCUT2D eigenvalue weighted by molar-refractivity contribution is 0.300. The maximum Gasteiger partial charge on any atom is 0.119 e. The highest BCUT2D eigenvalue weighted by atomic mass is 16.5. The molecule has 15 heavy (non-hydrogen) atoms. The fourth-order valence-corrected chi connectivity index (χ4v) is 1.44. The quantitative estimate of drug-likeness (QED) is 0.728. The first-order chi connectivity index (χ1) is 7.22. The normalized spacial score (nSPS) is 12.5. The van der Waals surface area contributed by atoms with E-state index in [0.29, 0.717) is 6.04 Å². The Balaban J connectivity index is 2.20. The van der Waals surface area contributed by atoms with Gasteiger partial charge in [-0.1, -0.05) is 19.1 Å². The summed E-state index contributed by atoms with van der Waals surface area (Å²) in [6.45, 7) is 4.95. The summed E-state index contributed by atoms with van der Waals surface area (Å²) in [5.74, 6) is 0.958. The van der Waals surface area contributed by atoms with Crippen molar-refractivity contribution >= 4 is 0 Å². The van der Waals surface area contributed by atoms with Gasteiger partial charge in [0.2, 0.25) is 0 Å². The van der Waals surface area contributed by atoms with E-state index in [9.17, 15) is 0 Å². The van der Waals surface area contributed by atoms with Gasteiger partial charge in [-0.25, -0.2) is 0 Å². The fourth-order valence-electron chi connectivity index (χ4n) is 1.44. The van der Waals surface area contributed by atoms with Crippen LogP contribution in [0.25, 0.3) is 0 Å². The van der Waals surface area contributed by atoms with Gasteiger partial charge in [-0.3, -0.25) is 0 Å². The predicted octanol–water partition coefficient (Wildman–Crippen LogP) is 2.89. The van der Waals surface area contributed by atoms with E-state index in [0.717, 1.165) is 31.6 Å². The van der Waals surface area contributed by atoms with Crippen LogP contribution in [0.1, 0.15) is 31.7 Å². The van der Waals surface area contributed by atoms with Crippen LogP contribution in [0.2, 0.25) is 0 Å². The van der Waals surface area contributed by atoms with Crippen molar-refractivity contribution in [1.29, 1.82) is 0 Å². The summed E-state index contributed by atoms with van der Waals surface area (Å²) in [4.78, 5) is 0. The molecule has 1 unspecified atom stereocenters. The molecule has 0 aliphatic heterocycles. The molecule has 0 radical (unpaired) electrons.